The number of imide groups is 1. The average molecular weight is 2060 g/mol. The van der Waals surface area contributed by atoms with E-state index in [9.17, 15) is 67.1 Å². The first-order valence-corrected chi connectivity index (χ1v) is 51.8. The SMILES string of the molecule is Cc1cc(=O)[nH]c(NC(=O)NCC2(C)CC(NC(=O)NC(=O)/C=C/c3ccc(NC(=O)NC4CC(C)(C)CC(C)(CNC(=O)Nc5nc(C)cc(=O)[nH]5)C4)cc3)CC(C)(C)C2)n1.Cc1cc(=O)[nH]c(NCNCC2(C)CC(NC(=O)Nc3ccc(/C=C/C(=O)OCCCCCCCCCCCCCCOC(=O)/C=C/c4ccc(NC(=O)NC5CC(C)(C)CC(C)(CNC(=O)Nc6nc(C)cc(=O)[nH]6)C5)cc4)cc3)CC(C)(C)C2)n1. The molecule has 149 heavy (non-hydrogen) atoms. The lowest BCUT2D eigenvalue weighted by Crippen LogP contribution is -2.53. The van der Waals surface area contributed by atoms with E-state index in [1.165, 1.54) is 81.0 Å². The Morgan fingerprint density at radius 3 is 0.879 bits per heavy atom. The van der Waals surface area contributed by atoms with Gasteiger partial charge in [-0.2, -0.15) is 0 Å². The zero-order valence-corrected chi connectivity index (χ0v) is 89.3. The predicted molar refractivity (Wildman–Crippen MR) is 581 cm³/mol. The van der Waals surface area contributed by atoms with Crippen molar-refractivity contribution < 1.29 is 57.4 Å². The van der Waals surface area contributed by atoms with Crippen molar-refractivity contribution in [2.45, 2.75) is 289 Å². The standard InChI is InChI=1S/C66H96N12O9.C43H60N12O7/c1-46-35-54(79)76-58(70-46)69-45-67-43-65(7)39-52(37-63(3,4)41-65)74-61(84)72-50-27-21-48(22-28-50)25-31-56(81)86-33-19-17-15-13-11-9-10-12-14-16-18-20-34-87-57(82)32-26-49-23-29-51(30-24-49)73-62(85)75-53-38-64(5,6)42-66(8,40-53)44-68-60(83)78-59-71-47(2)36-55(80)77-59;1-25-15-32(57)51-34(46-25)54-36(59)44-23-42(7)19-29(17-40(3,4)21-42)49-38(61)48-28-12-9-27(10-13-28)11-14-31(56)53-39(62)50-30-18-41(5,6)22-43(8,20-30)24-45-37(60)55-35-47-26(2)16-33(58)52-35/h21-32,35-36,52-53,67H,9-20,33-34,37-45H2,1-8H3,(H2,72,74,84)(H2,73,75,85)(H2,69,70,76,79)(H3,68,71,77,78,80,83);9-16,29-30H,17-24H2,1-8H3,(H2,48,49,61)(H2,50,53,56,62)(H3,44,46,51,54,57,59)(H3,45,47,52,55,58,60)/b31-25+,32-26+;14-11+. The molecule has 0 spiro atoms. The van der Waals surface area contributed by atoms with Gasteiger partial charge in [0.05, 0.1) is 19.9 Å². The highest BCUT2D eigenvalue weighted by Gasteiger charge is 2.46. The Hall–Kier alpha value is -14.3. The molecule has 11 rings (SSSR count). The van der Waals surface area contributed by atoms with Crippen LogP contribution in [-0.4, -0.2) is 170 Å². The van der Waals surface area contributed by atoms with E-state index in [1.807, 2.05) is 43.3 Å². The van der Waals surface area contributed by atoms with Crippen molar-refractivity contribution in [3.63, 3.8) is 0 Å². The van der Waals surface area contributed by atoms with Crippen molar-refractivity contribution in [1.29, 1.82) is 0 Å². The minimum absolute atomic E-state index is 0.00654. The molecule has 40 heteroatoms. The molecule has 40 nitrogen and oxygen atoms in total. The minimum Gasteiger partial charge on any atom is -0.463 e. The van der Waals surface area contributed by atoms with E-state index in [4.69, 9.17) is 9.47 Å². The second-order valence-corrected chi connectivity index (χ2v) is 45.4. The molecule has 15 amide bonds. The summed E-state index contributed by atoms with van der Waals surface area (Å²) < 4.78 is 10.9. The topological polar surface area (TPSA) is 565 Å². The average Bonchev–Trinajstić information content (AvgIpc) is 0.804. The molecule has 0 aliphatic heterocycles. The molecule has 0 saturated heterocycles. The van der Waals surface area contributed by atoms with Crippen molar-refractivity contribution >= 4 is 119 Å². The number of aromatic amines is 4. The maximum atomic E-state index is 13.1. The molecule has 0 bridgehead atoms. The van der Waals surface area contributed by atoms with Gasteiger partial charge in [-0.05, 0) is 232 Å². The largest absolute Gasteiger partial charge is 0.463 e. The molecule has 4 fully saturated rings. The number of hydrogen-bond acceptors (Lipinski definition) is 22. The van der Waals surface area contributed by atoms with Crippen LogP contribution in [0.15, 0.2) is 134 Å². The minimum atomic E-state index is -0.631. The summed E-state index contributed by atoms with van der Waals surface area (Å²) in [5.74, 6) is -0.757. The number of carbonyl (C=O) groups is 10. The summed E-state index contributed by atoms with van der Waals surface area (Å²) in [4.78, 5) is 202. The Balaban J connectivity index is 0.000000322. The summed E-state index contributed by atoms with van der Waals surface area (Å²) in [6.07, 6.45) is 31.3. The van der Waals surface area contributed by atoms with E-state index in [1.54, 1.807) is 82.3 Å². The van der Waals surface area contributed by atoms with Crippen LogP contribution in [0.4, 0.5) is 74.4 Å². The molecular formula is C109H156N24O16. The molecular weight excluding hydrogens is 1900 g/mol. The fourth-order valence-electron chi connectivity index (χ4n) is 22.3. The van der Waals surface area contributed by atoms with Crippen LogP contribution in [0, 0.1) is 71.0 Å². The molecule has 4 heterocycles. The molecule has 7 aromatic rings. The van der Waals surface area contributed by atoms with Crippen molar-refractivity contribution in [3.8, 4) is 0 Å². The molecule has 8 atom stereocenters. The summed E-state index contributed by atoms with van der Waals surface area (Å²) >= 11 is 0. The number of urea groups is 7. The second kappa shape index (κ2) is 54.0. The Morgan fingerprint density at radius 2 is 0.584 bits per heavy atom. The number of hydrogen-bond donors (Lipinski definition) is 20. The van der Waals surface area contributed by atoms with Crippen LogP contribution in [0.5, 0.6) is 0 Å². The predicted octanol–water partition coefficient (Wildman–Crippen LogP) is 17.1. The lowest BCUT2D eigenvalue weighted by Gasteiger charge is -2.47. The number of H-pyrrole nitrogens is 4. The van der Waals surface area contributed by atoms with Crippen molar-refractivity contribution in [2.75, 3.05) is 83.3 Å². The number of ether oxygens (including phenoxy) is 2. The molecule has 3 aromatic carbocycles. The van der Waals surface area contributed by atoms with Crippen LogP contribution in [-0.2, 0) is 23.9 Å². The van der Waals surface area contributed by atoms with Crippen LogP contribution < -0.4 is 107 Å². The van der Waals surface area contributed by atoms with Gasteiger partial charge < -0.3 is 68.0 Å². The first kappa shape index (κ1) is 117. The van der Waals surface area contributed by atoms with Gasteiger partial charge in [-0.3, -0.25) is 70.5 Å². The zero-order valence-electron chi connectivity index (χ0n) is 89.3. The van der Waals surface area contributed by atoms with Gasteiger partial charge in [0.2, 0.25) is 23.8 Å². The first-order valence-electron chi connectivity index (χ1n) is 51.8. The van der Waals surface area contributed by atoms with E-state index >= 15 is 0 Å². The number of unbranched alkanes of at least 4 members (excludes halogenated alkanes) is 11. The fourth-order valence-corrected chi connectivity index (χ4v) is 22.3. The third kappa shape index (κ3) is 43.2. The third-order valence-electron chi connectivity index (χ3n) is 26.8. The number of aryl methyl sites for hydroxylation is 4. The fraction of sp³-hybridized carbons (Fsp3) is 0.541. The number of aromatic nitrogens is 8. The van der Waals surface area contributed by atoms with Crippen LogP contribution >= 0.6 is 0 Å². The smallest absolute Gasteiger partial charge is 0.330 e. The third-order valence-corrected chi connectivity index (χ3v) is 26.8. The Bertz CT molecular complexity index is 6090. The number of benzene rings is 3. The van der Waals surface area contributed by atoms with Crippen molar-refractivity contribution in [2.24, 2.45) is 43.3 Å². The Labute approximate surface area is 871 Å². The molecule has 4 saturated carbocycles. The number of esters is 2. The lowest BCUT2D eigenvalue weighted by molar-refractivity contribution is -0.138. The number of rotatable bonds is 42. The Kier molecular flexibility index (Phi) is 42.3. The van der Waals surface area contributed by atoms with Crippen molar-refractivity contribution in [3.05, 3.63) is 196 Å². The monoisotopic (exact) mass is 2060 g/mol. The Morgan fingerprint density at radius 1 is 0.322 bits per heavy atom. The van der Waals surface area contributed by atoms with E-state index in [0.29, 0.717) is 117 Å². The maximum Gasteiger partial charge on any atom is 0.330 e. The van der Waals surface area contributed by atoms with E-state index in [2.05, 4.69) is 201 Å². The number of carbonyl (C=O) groups excluding carboxylic acids is 10. The van der Waals surface area contributed by atoms with Gasteiger partial charge in [-0.25, -0.2) is 63.1 Å². The summed E-state index contributed by atoms with van der Waals surface area (Å²) in [6, 6.07) is 23.2. The normalized spacial score (nSPS) is 20.9. The molecule has 0 radical (unpaired) electrons. The number of nitrogens with zero attached hydrogens (tertiary/aromatic N) is 4. The quantitative estimate of drug-likeness (QED) is 0.00731. The van der Waals surface area contributed by atoms with Crippen LogP contribution in [0.25, 0.3) is 18.2 Å². The molecule has 4 aliphatic rings. The van der Waals surface area contributed by atoms with Crippen LogP contribution in [0.2, 0.25) is 0 Å². The van der Waals surface area contributed by atoms with Gasteiger partial charge in [-0.15, -0.1) is 0 Å². The molecule has 4 aromatic heterocycles. The first-order chi connectivity index (χ1) is 70.3. The summed E-state index contributed by atoms with van der Waals surface area (Å²) in [6.45, 7) is 35.4. The molecule has 4 aliphatic carbocycles. The second-order valence-electron chi connectivity index (χ2n) is 45.4. The van der Waals surface area contributed by atoms with E-state index in [0.717, 1.165) is 108 Å². The molecule has 8 unspecified atom stereocenters. The number of anilines is 7. The summed E-state index contributed by atoms with van der Waals surface area (Å²) in [5.41, 5.74) is 3.49. The summed E-state index contributed by atoms with van der Waals surface area (Å²) in [5, 5.41) is 46.4. The van der Waals surface area contributed by atoms with Crippen LogP contribution in [0.1, 0.15) is 277 Å². The highest BCUT2D eigenvalue weighted by molar-refractivity contribution is 6.02. The highest BCUT2D eigenvalue weighted by Crippen LogP contribution is 2.50. The van der Waals surface area contributed by atoms with Gasteiger partial charge in [0.1, 0.15) is 0 Å². The van der Waals surface area contributed by atoms with Gasteiger partial charge in [0, 0.05) is 133 Å². The van der Waals surface area contributed by atoms with E-state index in [-0.39, 0.29) is 138 Å². The number of amides is 15. The van der Waals surface area contributed by atoms with Gasteiger partial charge >= 0.3 is 54.2 Å². The number of nitrogens with one attached hydrogen (secondary N) is 20. The zero-order chi connectivity index (χ0) is 108. The van der Waals surface area contributed by atoms with Gasteiger partial charge in [-0.1, -0.05) is 184 Å². The van der Waals surface area contributed by atoms with Gasteiger partial charge in [0.25, 0.3) is 28.1 Å². The van der Waals surface area contributed by atoms with Gasteiger partial charge in [0.15, 0.2) is 0 Å². The van der Waals surface area contributed by atoms with E-state index < -0.39 is 30.0 Å². The summed E-state index contributed by atoms with van der Waals surface area (Å²) in [7, 11) is 0. The van der Waals surface area contributed by atoms with Crippen LogP contribution in [0.3, 0.4) is 0 Å². The lowest BCUT2D eigenvalue weighted by atomic mass is 9.62. The molecule has 20 N–H and O–H groups in total. The van der Waals surface area contributed by atoms with Crippen molar-refractivity contribution in [1.82, 2.24) is 87.7 Å². The maximum absolute atomic E-state index is 13.1. The molecule has 808 valence electrons. The highest BCUT2D eigenvalue weighted by atomic mass is 16.5.